The van der Waals surface area contributed by atoms with Crippen LogP contribution >= 0.6 is 0 Å². The first-order chi connectivity index (χ1) is 13.2. The minimum absolute atomic E-state index is 0.260. The molecule has 2 fully saturated rings. The van der Waals surface area contributed by atoms with E-state index in [-0.39, 0.29) is 5.91 Å². The van der Waals surface area contributed by atoms with E-state index in [1.807, 2.05) is 18.2 Å². The topological polar surface area (TPSA) is 92.3 Å². The molecule has 27 heavy (non-hydrogen) atoms. The summed E-state index contributed by atoms with van der Waals surface area (Å²) in [6, 6.07) is 8.00. The first kappa shape index (κ1) is 17.9. The van der Waals surface area contributed by atoms with Gasteiger partial charge in [-0.1, -0.05) is 11.3 Å². The fourth-order valence-electron chi connectivity index (χ4n) is 3.47. The molecule has 2 heterocycles. The van der Waals surface area contributed by atoms with Gasteiger partial charge >= 0.3 is 0 Å². The predicted molar refractivity (Wildman–Crippen MR) is 105 cm³/mol. The molecular formula is C19H27N7O. The summed E-state index contributed by atoms with van der Waals surface area (Å²) in [4.78, 5) is 17.4. The maximum absolute atomic E-state index is 12.4. The van der Waals surface area contributed by atoms with E-state index in [0.29, 0.717) is 18.8 Å². The second kappa shape index (κ2) is 8.06. The Kier molecular flexibility index (Phi) is 5.35. The lowest BCUT2D eigenvalue weighted by Gasteiger charge is -2.36. The van der Waals surface area contributed by atoms with Gasteiger partial charge in [0.2, 0.25) is 0 Å². The molecule has 1 aromatic heterocycles. The summed E-state index contributed by atoms with van der Waals surface area (Å²) in [6.07, 6.45) is 4.43. The summed E-state index contributed by atoms with van der Waals surface area (Å²) in [5.74, 6) is 0.683. The van der Waals surface area contributed by atoms with Crippen molar-refractivity contribution in [3.05, 3.63) is 36.2 Å². The van der Waals surface area contributed by atoms with Crippen LogP contribution in [0.25, 0.3) is 0 Å². The van der Waals surface area contributed by atoms with Gasteiger partial charge in [0.1, 0.15) is 0 Å². The number of piperazine rings is 1. The molecule has 0 unspecified atom stereocenters. The van der Waals surface area contributed by atoms with Crippen molar-refractivity contribution >= 4 is 17.3 Å². The predicted octanol–water partition coefficient (Wildman–Crippen LogP) is 1.02. The van der Waals surface area contributed by atoms with Gasteiger partial charge in [-0.25, -0.2) is 0 Å². The molecule has 2 aromatic rings. The van der Waals surface area contributed by atoms with Crippen LogP contribution < -0.4 is 16.0 Å². The number of carbonyl (C=O) groups excluding carboxylic acids is 1. The highest BCUT2D eigenvalue weighted by Gasteiger charge is 2.26. The van der Waals surface area contributed by atoms with E-state index in [1.54, 1.807) is 10.9 Å². The standard InChI is InChI=1S/C19H27N7O/c20-6-7-26-14-18(22-23-26)19(27)21-16-2-1-3-17(12-16)25-10-8-24(9-11-25)13-15-4-5-15/h1-3,12,14-15H,4-11,13,20H2,(H,21,27). The normalized spacial score (nSPS) is 17.9. The molecule has 1 aliphatic carbocycles. The number of anilines is 2. The number of rotatable bonds is 7. The number of nitrogens with one attached hydrogen (secondary N) is 1. The summed E-state index contributed by atoms with van der Waals surface area (Å²) >= 11 is 0. The Morgan fingerprint density at radius 1 is 1.22 bits per heavy atom. The fourth-order valence-corrected chi connectivity index (χ4v) is 3.47. The Balaban J connectivity index is 1.35. The van der Waals surface area contributed by atoms with Crippen LogP contribution in [0.2, 0.25) is 0 Å². The Labute approximate surface area is 159 Å². The van der Waals surface area contributed by atoms with E-state index in [1.165, 1.54) is 19.4 Å². The summed E-state index contributed by atoms with van der Waals surface area (Å²) in [7, 11) is 0. The van der Waals surface area contributed by atoms with Crippen molar-refractivity contribution in [2.75, 3.05) is 49.5 Å². The van der Waals surface area contributed by atoms with Crippen LogP contribution in [-0.2, 0) is 6.54 Å². The molecular weight excluding hydrogens is 342 g/mol. The van der Waals surface area contributed by atoms with Crippen LogP contribution in [0, 0.1) is 5.92 Å². The zero-order valence-electron chi connectivity index (χ0n) is 15.5. The summed E-state index contributed by atoms with van der Waals surface area (Å²) < 4.78 is 1.58. The molecule has 2 aliphatic rings. The quantitative estimate of drug-likeness (QED) is 0.757. The lowest BCUT2D eigenvalue weighted by molar-refractivity contribution is 0.102. The van der Waals surface area contributed by atoms with Gasteiger partial charge in [-0.2, -0.15) is 0 Å². The molecule has 1 saturated carbocycles. The van der Waals surface area contributed by atoms with E-state index in [2.05, 4.69) is 31.5 Å². The van der Waals surface area contributed by atoms with Crippen molar-refractivity contribution in [3.8, 4) is 0 Å². The number of aromatic nitrogens is 3. The Morgan fingerprint density at radius 2 is 2.04 bits per heavy atom. The number of hydrogen-bond acceptors (Lipinski definition) is 6. The lowest BCUT2D eigenvalue weighted by atomic mass is 10.2. The molecule has 0 radical (unpaired) electrons. The molecule has 0 spiro atoms. The van der Waals surface area contributed by atoms with Gasteiger partial charge in [0.15, 0.2) is 5.69 Å². The van der Waals surface area contributed by atoms with Gasteiger partial charge < -0.3 is 16.0 Å². The van der Waals surface area contributed by atoms with Crippen LogP contribution in [0.4, 0.5) is 11.4 Å². The molecule has 3 N–H and O–H groups in total. The fraction of sp³-hybridized carbons (Fsp3) is 0.526. The zero-order valence-corrected chi connectivity index (χ0v) is 15.5. The largest absolute Gasteiger partial charge is 0.369 e. The molecule has 1 aromatic carbocycles. The van der Waals surface area contributed by atoms with E-state index in [9.17, 15) is 4.79 Å². The lowest BCUT2D eigenvalue weighted by Crippen LogP contribution is -2.47. The van der Waals surface area contributed by atoms with Gasteiger partial charge in [0, 0.05) is 50.6 Å². The van der Waals surface area contributed by atoms with Gasteiger partial charge in [-0.3, -0.25) is 14.4 Å². The molecule has 0 atom stereocenters. The van der Waals surface area contributed by atoms with Crippen LogP contribution in [0.3, 0.4) is 0 Å². The average molecular weight is 369 g/mol. The van der Waals surface area contributed by atoms with Crippen LogP contribution in [0.5, 0.6) is 0 Å². The van der Waals surface area contributed by atoms with Crippen LogP contribution in [0.15, 0.2) is 30.5 Å². The third-order valence-electron chi connectivity index (χ3n) is 5.18. The molecule has 0 bridgehead atoms. The highest BCUT2D eigenvalue weighted by atomic mass is 16.2. The maximum Gasteiger partial charge on any atom is 0.277 e. The molecule has 8 heteroatoms. The van der Waals surface area contributed by atoms with Crippen molar-refractivity contribution in [1.29, 1.82) is 0 Å². The van der Waals surface area contributed by atoms with Crippen molar-refractivity contribution in [3.63, 3.8) is 0 Å². The van der Waals surface area contributed by atoms with E-state index < -0.39 is 0 Å². The van der Waals surface area contributed by atoms with Crippen molar-refractivity contribution in [1.82, 2.24) is 19.9 Å². The minimum atomic E-state index is -0.260. The first-order valence-corrected chi connectivity index (χ1v) is 9.70. The van der Waals surface area contributed by atoms with Crippen LogP contribution in [0.1, 0.15) is 23.3 Å². The van der Waals surface area contributed by atoms with Gasteiger partial charge in [-0.05, 0) is 37.0 Å². The zero-order chi connectivity index (χ0) is 18.6. The smallest absolute Gasteiger partial charge is 0.277 e. The second-order valence-corrected chi connectivity index (χ2v) is 7.39. The number of amides is 1. The number of nitrogens with zero attached hydrogens (tertiary/aromatic N) is 5. The van der Waals surface area contributed by atoms with Gasteiger partial charge in [0.25, 0.3) is 5.91 Å². The van der Waals surface area contributed by atoms with E-state index in [4.69, 9.17) is 5.73 Å². The van der Waals surface area contributed by atoms with Gasteiger partial charge in [-0.15, -0.1) is 5.10 Å². The first-order valence-electron chi connectivity index (χ1n) is 9.70. The highest BCUT2D eigenvalue weighted by Crippen LogP contribution is 2.30. The number of carbonyl (C=O) groups is 1. The van der Waals surface area contributed by atoms with Crippen molar-refractivity contribution < 1.29 is 4.79 Å². The van der Waals surface area contributed by atoms with Crippen molar-refractivity contribution in [2.45, 2.75) is 19.4 Å². The number of hydrogen-bond donors (Lipinski definition) is 2. The summed E-state index contributed by atoms with van der Waals surface area (Å²) in [5.41, 5.74) is 7.70. The minimum Gasteiger partial charge on any atom is -0.369 e. The Hall–Kier alpha value is -2.45. The third kappa shape index (κ3) is 4.64. The summed E-state index contributed by atoms with van der Waals surface area (Å²) in [5, 5.41) is 10.7. The monoisotopic (exact) mass is 369 g/mol. The Bertz CT molecular complexity index is 778. The molecule has 1 amide bonds. The number of nitrogens with two attached hydrogens (primary N) is 1. The second-order valence-electron chi connectivity index (χ2n) is 7.39. The molecule has 8 nitrogen and oxygen atoms in total. The van der Waals surface area contributed by atoms with Crippen molar-refractivity contribution in [2.24, 2.45) is 11.7 Å². The SMILES string of the molecule is NCCn1cc(C(=O)Nc2cccc(N3CCN(CC4CC4)CC3)c2)nn1. The molecule has 4 rings (SSSR count). The molecule has 1 aliphatic heterocycles. The molecule has 1 saturated heterocycles. The maximum atomic E-state index is 12.4. The van der Waals surface area contributed by atoms with Gasteiger partial charge in [0.05, 0.1) is 12.7 Å². The highest BCUT2D eigenvalue weighted by molar-refractivity contribution is 6.02. The van der Waals surface area contributed by atoms with E-state index >= 15 is 0 Å². The molecule has 144 valence electrons. The Morgan fingerprint density at radius 3 is 2.78 bits per heavy atom. The van der Waals surface area contributed by atoms with Crippen LogP contribution in [-0.4, -0.2) is 65.1 Å². The summed E-state index contributed by atoms with van der Waals surface area (Å²) in [6.45, 7) is 6.53. The average Bonchev–Trinajstić information content (AvgIpc) is 3.37. The van der Waals surface area contributed by atoms with E-state index in [0.717, 1.165) is 43.5 Å². The number of benzene rings is 1. The third-order valence-corrected chi connectivity index (χ3v) is 5.18.